The van der Waals surface area contributed by atoms with Crippen LogP contribution in [0.2, 0.25) is 10.0 Å². The second kappa shape index (κ2) is 17.5. The zero-order chi connectivity index (χ0) is 32.4. The molecule has 2 aromatic rings. The number of hydrogen-bond acceptors (Lipinski definition) is 6. The molecule has 1 aliphatic rings. The molecule has 3 rings (SSSR count). The highest BCUT2D eigenvalue weighted by Gasteiger charge is 2.41. The van der Waals surface area contributed by atoms with Gasteiger partial charge in [-0.1, -0.05) is 67.7 Å². The van der Waals surface area contributed by atoms with Crippen LogP contribution < -0.4 is 22.5 Å². The molecule has 0 aliphatic carbocycles. The van der Waals surface area contributed by atoms with Crippen molar-refractivity contribution in [3.63, 3.8) is 0 Å². The van der Waals surface area contributed by atoms with Gasteiger partial charge in [0.1, 0.15) is 0 Å². The van der Waals surface area contributed by atoms with Crippen molar-refractivity contribution in [2.45, 2.75) is 90.4 Å². The van der Waals surface area contributed by atoms with Crippen molar-refractivity contribution in [2.24, 2.45) is 23.1 Å². The summed E-state index contributed by atoms with van der Waals surface area (Å²) in [6, 6.07) is 9.83. The number of rotatable bonds is 15. The van der Waals surface area contributed by atoms with Gasteiger partial charge < -0.3 is 32.3 Å². The highest BCUT2D eigenvalue weighted by molar-refractivity contribution is 6.31. The van der Waals surface area contributed by atoms with Crippen molar-refractivity contribution in [1.29, 1.82) is 0 Å². The molecule has 1 heterocycles. The molecule has 44 heavy (non-hydrogen) atoms. The molecule has 8 nitrogen and oxygen atoms in total. The third-order valence-corrected chi connectivity index (χ3v) is 9.10. The quantitative estimate of drug-likeness (QED) is 0.214. The zero-order valence-corrected chi connectivity index (χ0v) is 28.3. The molecule has 2 aromatic carbocycles. The lowest BCUT2D eigenvalue weighted by Crippen LogP contribution is -2.65. The van der Waals surface area contributed by atoms with Crippen molar-refractivity contribution in [1.82, 2.24) is 15.1 Å². The summed E-state index contributed by atoms with van der Waals surface area (Å²) in [7, 11) is 0. The molecule has 0 spiro atoms. The Morgan fingerprint density at radius 1 is 0.841 bits per heavy atom. The van der Waals surface area contributed by atoms with Crippen LogP contribution in [0.3, 0.4) is 0 Å². The Bertz CT molecular complexity index is 1240. The smallest absolute Gasteiger partial charge is 0.240 e. The fourth-order valence-corrected chi connectivity index (χ4v) is 6.67. The summed E-state index contributed by atoms with van der Waals surface area (Å²) in [5.41, 5.74) is 22.6. The predicted molar refractivity (Wildman–Crippen MR) is 182 cm³/mol. The highest BCUT2D eigenvalue weighted by Crippen LogP contribution is 2.27. The van der Waals surface area contributed by atoms with E-state index < -0.39 is 12.1 Å². The largest absolute Gasteiger partial charge is 0.335 e. The molecule has 7 N–H and O–H groups in total. The number of amides is 2. The topological polar surface area (TPSA) is 131 Å². The summed E-state index contributed by atoms with van der Waals surface area (Å²) < 4.78 is 0. The highest BCUT2D eigenvalue weighted by atomic mass is 35.5. The molecule has 4 atom stereocenters. The molecule has 0 saturated carbocycles. The lowest BCUT2D eigenvalue weighted by atomic mass is 9.93. The van der Waals surface area contributed by atoms with Crippen molar-refractivity contribution in [2.75, 3.05) is 32.7 Å². The third-order valence-electron chi connectivity index (χ3n) is 8.40. The Labute approximate surface area is 274 Å². The average Bonchev–Trinajstić information content (AvgIpc) is 2.97. The molecule has 1 aliphatic heterocycles. The fraction of sp³-hybridized carbons (Fsp3) is 0.588. The number of nitrogens with two attached hydrogens (primary N) is 3. The predicted octanol–water partition coefficient (Wildman–Crippen LogP) is 4.22. The van der Waals surface area contributed by atoms with Gasteiger partial charge in [0.25, 0.3) is 0 Å². The number of hydrogen-bond donors (Lipinski definition) is 4. The third kappa shape index (κ3) is 10.4. The Kier molecular flexibility index (Phi) is 14.4. The molecule has 1 fully saturated rings. The number of aryl methyl sites for hydroxylation is 2. The first-order valence-corrected chi connectivity index (χ1v) is 16.7. The minimum absolute atomic E-state index is 0.107. The van der Waals surface area contributed by atoms with E-state index in [4.69, 9.17) is 40.4 Å². The maximum Gasteiger partial charge on any atom is 0.240 e. The number of carbonyl (C=O) groups is 2. The SMILES string of the molecule is Cc1ccc(C[C@@H](N)C(=O)N2C[C@H](CCCCNCCN)N(C(=O)[C@H](N)Cc3ccc(C)cc3Cl)C[C@H]2CC(C)C)c(Cl)c1. The Hall–Kier alpha value is -2.20. The first-order chi connectivity index (χ1) is 20.9. The van der Waals surface area contributed by atoms with Crippen LogP contribution in [0.25, 0.3) is 0 Å². The number of benzene rings is 2. The van der Waals surface area contributed by atoms with E-state index in [0.29, 0.717) is 48.4 Å². The van der Waals surface area contributed by atoms with Crippen molar-refractivity contribution in [3.8, 4) is 0 Å². The van der Waals surface area contributed by atoms with Gasteiger partial charge in [-0.05, 0) is 92.8 Å². The number of halogens is 2. The first kappa shape index (κ1) is 36.3. The number of carbonyl (C=O) groups excluding carboxylic acids is 2. The molecular weight excluding hydrogens is 595 g/mol. The summed E-state index contributed by atoms with van der Waals surface area (Å²) >= 11 is 13.0. The first-order valence-electron chi connectivity index (χ1n) is 15.9. The average molecular weight is 648 g/mol. The normalized spacial score (nSPS) is 18.5. The van der Waals surface area contributed by atoms with Crippen LogP contribution >= 0.6 is 23.2 Å². The van der Waals surface area contributed by atoms with E-state index in [-0.39, 0.29) is 23.9 Å². The Morgan fingerprint density at radius 2 is 1.34 bits per heavy atom. The number of nitrogens with one attached hydrogen (secondary N) is 1. The van der Waals surface area contributed by atoms with Gasteiger partial charge in [0.2, 0.25) is 11.8 Å². The monoisotopic (exact) mass is 646 g/mol. The molecule has 244 valence electrons. The second-order valence-corrected chi connectivity index (χ2v) is 13.6. The minimum Gasteiger partial charge on any atom is -0.335 e. The van der Waals surface area contributed by atoms with Crippen molar-refractivity contribution in [3.05, 3.63) is 68.7 Å². The number of piperazine rings is 1. The molecule has 10 heteroatoms. The summed E-state index contributed by atoms with van der Waals surface area (Å²) in [6.45, 7) is 11.3. The molecular formula is C34H52Cl2N6O2. The van der Waals surface area contributed by atoms with Crippen LogP contribution in [0.5, 0.6) is 0 Å². The van der Waals surface area contributed by atoms with E-state index in [1.54, 1.807) is 0 Å². The maximum absolute atomic E-state index is 14.0. The van der Waals surface area contributed by atoms with E-state index in [1.807, 2.05) is 60.0 Å². The van der Waals surface area contributed by atoms with Crippen LogP contribution in [0, 0.1) is 19.8 Å². The minimum atomic E-state index is -0.739. The van der Waals surface area contributed by atoms with Gasteiger partial charge in [-0.15, -0.1) is 0 Å². The van der Waals surface area contributed by atoms with Crippen LogP contribution in [0.1, 0.15) is 61.8 Å². The Morgan fingerprint density at radius 3 is 1.82 bits per heavy atom. The number of nitrogens with zero attached hydrogens (tertiary/aromatic N) is 2. The van der Waals surface area contributed by atoms with E-state index in [0.717, 1.165) is 61.0 Å². The molecule has 0 unspecified atom stereocenters. The van der Waals surface area contributed by atoms with Gasteiger partial charge in [-0.3, -0.25) is 9.59 Å². The van der Waals surface area contributed by atoms with Crippen molar-refractivity contribution < 1.29 is 9.59 Å². The fourth-order valence-electron chi connectivity index (χ4n) is 6.05. The molecule has 1 saturated heterocycles. The van der Waals surface area contributed by atoms with E-state index >= 15 is 0 Å². The summed E-state index contributed by atoms with van der Waals surface area (Å²) in [4.78, 5) is 31.8. The van der Waals surface area contributed by atoms with E-state index in [9.17, 15) is 9.59 Å². The molecule has 0 radical (unpaired) electrons. The Balaban J connectivity index is 1.82. The molecule has 0 bridgehead atoms. The lowest BCUT2D eigenvalue weighted by Gasteiger charge is -2.48. The van der Waals surface area contributed by atoms with Crippen LogP contribution in [-0.4, -0.2) is 78.5 Å². The zero-order valence-electron chi connectivity index (χ0n) is 26.8. The van der Waals surface area contributed by atoms with Crippen LogP contribution in [-0.2, 0) is 22.4 Å². The van der Waals surface area contributed by atoms with Gasteiger partial charge in [0, 0.05) is 48.3 Å². The van der Waals surface area contributed by atoms with Crippen molar-refractivity contribution >= 4 is 35.0 Å². The molecule has 0 aromatic heterocycles. The molecule has 2 amide bonds. The number of unbranched alkanes of at least 4 members (excludes halogenated alkanes) is 1. The van der Waals surface area contributed by atoms with E-state index in [1.165, 1.54) is 0 Å². The second-order valence-electron chi connectivity index (χ2n) is 12.8. The van der Waals surface area contributed by atoms with Gasteiger partial charge in [0.05, 0.1) is 12.1 Å². The maximum atomic E-state index is 14.0. The van der Waals surface area contributed by atoms with E-state index in [2.05, 4.69) is 19.2 Å². The lowest BCUT2D eigenvalue weighted by molar-refractivity contribution is -0.149. The summed E-state index contributed by atoms with van der Waals surface area (Å²) in [6.07, 6.45) is 4.05. The van der Waals surface area contributed by atoms with Crippen LogP contribution in [0.15, 0.2) is 36.4 Å². The van der Waals surface area contributed by atoms with Gasteiger partial charge >= 0.3 is 0 Å². The summed E-state index contributed by atoms with van der Waals surface area (Å²) in [5.74, 6) is 0.106. The van der Waals surface area contributed by atoms with Gasteiger partial charge in [0.15, 0.2) is 0 Å². The van der Waals surface area contributed by atoms with Gasteiger partial charge in [-0.25, -0.2) is 0 Å². The standard InChI is InChI=1S/C34H52Cl2N6O2/c1-22(2)15-28-21-41(33(43)31(38)18-25-10-8-23(3)16-29(25)35)27(7-5-6-13-40-14-12-37)20-42(28)34(44)32(39)19-26-11-9-24(4)17-30(26)36/h8-11,16-17,22,27-28,31-32,40H,5-7,12-15,18-21,37-39H2,1-4H3/t27-,28+,31+,32+/m0/s1. The van der Waals surface area contributed by atoms with Gasteiger partial charge in [-0.2, -0.15) is 0 Å². The van der Waals surface area contributed by atoms with Crippen LogP contribution in [0.4, 0.5) is 0 Å². The summed E-state index contributed by atoms with van der Waals surface area (Å²) in [5, 5.41) is 4.57.